The van der Waals surface area contributed by atoms with Crippen molar-refractivity contribution in [1.29, 1.82) is 0 Å². The maximum atomic E-state index is 11.8. The third kappa shape index (κ3) is 8.25. The molecular formula is C17H23N3O4S. The molecule has 0 spiro atoms. The lowest BCUT2D eigenvalue weighted by atomic mass is 10.2. The highest BCUT2D eigenvalue weighted by atomic mass is 32.1. The SMILES string of the molecule is CCCOC(=O)CCC(=O)NC(=S)Nc1ccc(C)c(NC(C)=O)c1. The van der Waals surface area contributed by atoms with Crippen LogP contribution < -0.4 is 16.0 Å². The Hall–Kier alpha value is -2.48. The number of rotatable bonds is 7. The number of hydrogen-bond acceptors (Lipinski definition) is 5. The maximum Gasteiger partial charge on any atom is 0.306 e. The zero-order valence-electron chi connectivity index (χ0n) is 14.6. The molecule has 0 aliphatic rings. The lowest BCUT2D eigenvalue weighted by Gasteiger charge is -2.12. The van der Waals surface area contributed by atoms with Gasteiger partial charge >= 0.3 is 5.97 Å². The lowest BCUT2D eigenvalue weighted by molar-refractivity contribution is -0.144. The molecule has 0 atom stereocenters. The largest absolute Gasteiger partial charge is 0.466 e. The Labute approximate surface area is 152 Å². The van der Waals surface area contributed by atoms with Gasteiger partial charge in [-0.2, -0.15) is 0 Å². The second-order valence-corrected chi connectivity index (χ2v) is 5.84. The topological polar surface area (TPSA) is 96.5 Å². The van der Waals surface area contributed by atoms with E-state index in [1.807, 2.05) is 19.9 Å². The molecule has 2 amide bonds. The molecule has 0 aliphatic heterocycles. The van der Waals surface area contributed by atoms with Crippen LogP contribution in [0, 0.1) is 6.92 Å². The molecule has 1 aromatic carbocycles. The summed E-state index contributed by atoms with van der Waals surface area (Å²) >= 11 is 5.08. The van der Waals surface area contributed by atoms with E-state index in [1.165, 1.54) is 6.92 Å². The summed E-state index contributed by atoms with van der Waals surface area (Å²) in [7, 11) is 0. The third-order valence-corrected chi connectivity index (χ3v) is 3.29. The molecule has 0 unspecified atom stereocenters. The second-order valence-electron chi connectivity index (χ2n) is 5.43. The summed E-state index contributed by atoms with van der Waals surface area (Å²) in [6, 6.07) is 5.32. The van der Waals surface area contributed by atoms with Crippen molar-refractivity contribution in [3.8, 4) is 0 Å². The van der Waals surface area contributed by atoms with Gasteiger partial charge in [0.15, 0.2) is 5.11 Å². The minimum Gasteiger partial charge on any atom is -0.466 e. The summed E-state index contributed by atoms with van der Waals surface area (Å²) in [6.07, 6.45) is 0.740. The van der Waals surface area contributed by atoms with Gasteiger partial charge in [0.1, 0.15) is 0 Å². The number of amides is 2. The standard InChI is InChI=1S/C17H23N3O4S/c1-4-9-24-16(23)8-7-15(22)20-17(25)19-13-6-5-11(2)14(10-13)18-12(3)21/h5-6,10H,4,7-9H2,1-3H3,(H,18,21)(H2,19,20,22,25). The van der Waals surface area contributed by atoms with Crippen molar-refractivity contribution in [3.05, 3.63) is 23.8 Å². The number of nitrogens with one attached hydrogen (secondary N) is 3. The van der Waals surface area contributed by atoms with Gasteiger partial charge in [0, 0.05) is 24.7 Å². The normalized spacial score (nSPS) is 9.88. The number of ether oxygens (including phenoxy) is 1. The van der Waals surface area contributed by atoms with Crippen LogP contribution >= 0.6 is 12.2 Å². The number of carbonyl (C=O) groups is 3. The van der Waals surface area contributed by atoms with Crippen molar-refractivity contribution < 1.29 is 19.1 Å². The Bertz CT molecular complexity index is 661. The van der Waals surface area contributed by atoms with Gasteiger partial charge < -0.3 is 20.7 Å². The number of benzene rings is 1. The van der Waals surface area contributed by atoms with Crippen molar-refractivity contribution in [2.24, 2.45) is 0 Å². The van der Waals surface area contributed by atoms with E-state index in [2.05, 4.69) is 16.0 Å². The first-order chi connectivity index (χ1) is 11.8. The van der Waals surface area contributed by atoms with Crippen LogP contribution in [0.1, 0.15) is 38.7 Å². The Morgan fingerprint density at radius 2 is 1.88 bits per heavy atom. The van der Waals surface area contributed by atoms with Gasteiger partial charge in [-0.25, -0.2) is 0 Å². The first-order valence-electron chi connectivity index (χ1n) is 7.96. The van der Waals surface area contributed by atoms with Crippen LogP contribution in [0.2, 0.25) is 0 Å². The van der Waals surface area contributed by atoms with Crippen LogP contribution in [0.4, 0.5) is 11.4 Å². The first-order valence-corrected chi connectivity index (χ1v) is 8.37. The zero-order valence-corrected chi connectivity index (χ0v) is 15.4. The quantitative estimate of drug-likeness (QED) is 0.507. The van der Waals surface area contributed by atoms with E-state index in [4.69, 9.17) is 17.0 Å². The number of anilines is 2. The summed E-state index contributed by atoms with van der Waals surface area (Å²) < 4.78 is 4.90. The van der Waals surface area contributed by atoms with Gasteiger partial charge in [0.05, 0.1) is 13.0 Å². The number of carbonyl (C=O) groups excluding carboxylic acids is 3. The van der Waals surface area contributed by atoms with Crippen LogP contribution in [0.25, 0.3) is 0 Å². The van der Waals surface area contributed by atoms with Crippen LogP contribution in [0.3, 0.4) is 0 Å². The number of aryl methyl sites for hydroxylation is 1. The van der Waals surface area contributed by atoms with Gasteiger partial charge in [-0.1, -0.05) is 13.0 Å². The summed E-state index contributed by atoms with van der Waals surface area (Å²) in [5.41, 5.74) is 2.19. The molecule has 25 heavy (non-hydrogen) atoms. The molecule has 8 heteroatoms. The molecular weight excluding hydrogens is 342 g/mol. The molecule has 1 aromatic rings. The summed E-state index contributed by atoms with van der Waals surface area (Å²) in [5.74, 6) is -0.958. The second kappa shape index (κ2) is 10.4. The van der Waals surface area contributed by atoms with Crippen molar-refractivity contribution >= 4 is 46.5 Å². The average Bonchev–Trinajstić information content (AvgIpc) is 2.53. The fourth-order valence-electron chi connectivity index (χ4n) is 1.88. The predicted octanol–water partition coefficient (Wildman–Crippen LogP) is 2.50. The van der Waals surface area contributed by atoms with E-state index in [0.29, 0.717) is 18.0 Å². The van der Waals surface area contributed by atoms with Gasteiger partial charge in [-0.3, -0.25) is 14.4 Å². The maximum absolute atomic E-state index is 11.8. The molecule has 0 aliphatic carbocycles. The van der Waals surface area contributed by atoms with Crippen molar-refractivity contribution in [1.82, 2.24) is 5.32 Å². The van der Waals surface area contributed by atoms with Crippen molar-refractivity contribution in [2.45, 2.75) is 40.0 Å². The summed E-state index contributed by atoms with van der Waals surface area (Å²) in [6.45, 7) is 5.54. The Morgan fingerprint density at radius 3 is 2.52 bits per heavy atom. The zero-order chi connectivity index (χ0) is 18.8. The van der Waals surface area contributed by atoms with Crippen molar-refractivity contribution in [2.75, 3.05) is 17.2 Å². The lowest BCUT2D eigenvalue weighted by Crippen LogP contribution is -2.34. The molecule has 0 fully saturated rings. The average molecular weight is 365 g/mol. The molecule has 1 rings (SSSR count). The fraction of sp³-hybridized carbons (Fsp3) is 0.412. The Morgan fingerprint density at radius 1 is 1.16 bits per heavy atom. The summed E-state index contributed by atoms with van der Waals surface area (Å²) in [5, 5.41) is 8.20. The van der Waals surface area contributed by atoms with E-state index < -0.39 is 5.97 Å². The molecule has 136 valence electrons. The Kier molecular flexibility index (Phi) is 8.55. The summed E-state index contributed by atoms with van der Waals surface area (Å²) in [4.78, 5) is 34.3. The predicted molar refractivity (Wildman–Crippen MR) is 100 cm³/mol. The van der Waals surface area contributed by atoms with Gasteiger partial charge in [0.2, 0.25) is 11.8 Å². The third-order valence-electron chi connectivity index (χ3n) is 3.08. The number of esters is 1. The molecule has 3 N–H and O–H groups in total. The minimum atomic E-state index is -0.408. The molecule has 7 nitrogen and oxygen atoms in total. The molecule has 0 saturated carbocycles. The van der Waals surface area contributed by atoms with Crippen LogP contribution in [-0.4, -0.2) is 29.5 Å². The van der Waals surface area contributed by atoms with E-state index in [-0.39, 0.29) is 29.8 Å². The van der Waals surface area contributed by atoms with Crippen molar-refractivity contribution in [3.63, 3.8) is 0 Å². The van der Waals surface area contributed by atoms with Crippen LogP contribution in [0.5, 0.6) is 0 Å². The van der Waals surface area contributed by atoms with E-state index in [0.717, 1.165) is 12.0 Å². The number of thiocarbonyl (C=S) groups is 1. The number of hydrogen-bond donors (Lipinski definition) is 3. The molecule has 0 radical (unpaired) electrons. The molecule has 0 heterocycles. The van der Waals surface area contributed by atoms with Crippen LogP contribution in [0.15, 0.2) is 18.2 Å². The fourth-order valence-corrected chi connectivity index (χ4v) is 2.11. The van der Waals surface area contributed by atoms with Gasteiger partial charge in [-0.05, 0) is 43.3 Å². The van der Waals surface area contributed by atoms with E-state index in [9.17, 15) is 14.4 Å². The minimum absolute atomic E-state index is 0.00456. The highest BCUT2D eigenvalue weighted by Gasteiger charge is 2.10. The van der Waals surface area contributed by atoms with Crippen LogP contribution in [-0.2, 0) is 19.1 Å². The highest BCUT2D eigenvalue weighted by Crippen LogP contribution is 2.20. The monoisotopic (exact) mass is 365 g/mol. The van der Waals surface area contributed by atoms with Gasteiger partial charge in [-0.15, -0.1) is 0 Å². The first kappa shape index (κ1) is 20.6. The Balaban J connectivity index is 2.49. The molecule has 0 aromatic heterocycles. The van der Waals surface area contributed by atoms with E-state index in [1.54, 1.807) is 12.1 Å². The highest BCUT2D eigenvalue weighted by molar-refractivity contribution is 7.80. The molecule has 0 saturated heterocycles. The smallest absolute Gasteiger partial charge is 0.306 e. The molecule has 0 bridgehead atoms. The van der Waals surface area contributed by atoms with Gasteiger partial charge in [0.25, 0.3) is 0 Å². The van der Waals surface area contributed by atoms with E-state index >= 15 is 0 Å².